The van der Waals surface area contributed by atoms with Crippen LogP contribution in [0.25, 0.3) is 0 Å². The molecule has 1 atom stereocenters. The number of carbonyl (C=O) groups excluding carboxylic acids is 1. The van der Waals surface area contributed by atoms with Gasteiger partial charge in [0, 0.05) is 12.1 Å². The number of amides is 1. The highest BCUT2D eigenvalue weighted by Crippen LogP contribution is 2.47. The second kappa shape index (κ2) is 8.43. The van der Waals surface area contributed by atoms with Crippen LogP contribution in [0.3, 0.4) is 0 Å². The lowest BCUT2D eigenvalue weighted by Crippen LogP contribution is -2.27. The van der Waals surface area contributed by atoms with Gasteiger partial charge < -0.3 is 18.9 Å². The van der Waals surface area contributed by atoms with Crippen molar-refractivity contribution in [3.8, 4) is 23.0 Å². The topological polar surface area (TPSA) is 57.2 Å². The van der Waals surface area contributed by atoms with Crippen LogP contribution in [-0.4, -0.2) is 39.6 Å². The molecule has 2 aromatic carbocycles. The van der Waals surface area contributed by atoms with Crippen LogP contribution in [0.2, 0.25) is 0 Å². The number of benzene rings is 2. The Kier molecular flexibility index (Phi) is 6.01. The van der Waals surface area contributed by atoms with E-state index in [1.807, 2.05) is 31.2 Å². The van der Waals surface area contributed by atoms with Gasteiger partial charge >= 0.3 is 0 Å². The molecule has 1 amide bonds. The Morgan fingerprint density at radius 2 is 1.67 bits per heavy atom. The quantitative estimate of drug-likeness (QED) is 0.716. The fourth-order valence-electron chi connectivity index (χ4n) is 3.05. The van der Waals surface area contributed by atoms with E-state index in [1.54, 1.807) is 50.1 Å². The van der Waals surface area contributed by atoms with Gasteiger partial charge in [0.1, 0.15) is 11.1 Å². The van der Waals surface area contributed by atoms with Crippen molar-refractivity contribution in [2.45, 2.75) is 12.3 Å². The summed E-state index contributed by atoms with van der Waals surface area (Å²) in [7, 11) is 4.68. The minimum Gasteiger partial charge on any atom is -0.494 e. The summed E-state index contributed by atoms with van der Waals surface area (Å²) < 4.78 is 21.7. The Balaban J connectivity index is 1.99. The fraction of sp³-hybridized carbons (Fsp3) is 0.350. The predicted molar refractivity (Wildman–Crippen MR) is 106 cm³/mol. The van der Waals surface area contributed by atoms with E-state index in [-0.39, 0.29) is 11.3 Å². The third-order valence-corrected chi connectivity index (χ3v) is 5.48. The van der Waals surface area contributed by atoms with Gasteiger partial charge in [0.25, 0.3) is 0 Å². The second-order valence-corrected chi connectivity index (χ2v) is 6.88. The number of hydrogen-bond acceptors (Lipinski definition) is 6. The normalized spacial score (nSPS) is 16.4. The van der Waals surface area contributed by atoms with Gasteiger partial charge in [0.15, 0.2) is 11.5 Å². The van der Waals surface area contributed by atoms with Gasteiger partial charge in [0.05, 0.1) is 39.4 Å². The molecule has 7 heteroatoms. The maximum atomic E-state index is 12.6. The van der Waals surface area contributed by atoms with E-state index < -0.39 is 0 Å². The molecular formula is C20H23NO5S. The summed E-state index contributed by atoms with van der Waals surface area (Å²) in [5.41, 5.74) is 1.74. The molecule has 144 valence electrons. The fourth-order valence-corrected chi connectivity index (χ4v) is 4.23. The van der Waals surface area contributed by atoms with Gasteiger partial charge in [-0.25, -0.2) is 0 Å². The molecule has 0 bridgehead atoms. The van der Waals surface area contributed by atoms with E-state index in [0.717, 1.165) is 11.3 Å². The highest BCUT2D eigenvalue weighted by atomic mass is 32.2. The highest BCUT2D eigenvalue weighted by Gasteiger charge is 2.35. The minimum absolute atomic E-state index is 0.0353. The lowest BCUT2D eigenvalue weighted by Gasteiger charge is -2.26. The Morgan fingerprint density at radius 1 is 1.04 bits per heavy atom. The van der Waals surface area contributed by atoms with Gasteiger partial charge in [-0.2, -0.15) is 0 Å². The maximum absolute atomic E-state index is 12.6. The molecule has 0 saturated carbocycles. The first kappa shape index (κ1) is 19.2. The number of methoxy groups -OCH3 is 3. The number of anilines is 1. The first-order valence-corrected chi connectivity index (χ1v) is 9.64. The molecule has 0 aromatic heterocycles. The van der Waals surface area contributed by atoms with E-state index in [2.05, 4.69) is 0 Å². The summed E-state index contributed by atoms with van der Waals surface area (Å²) in [5, 5.41) is -0.129. The van der Waals surface area contributed by atoms with Crippen molar-refractivity contribution < 1.29 is 23.7 Å². The SMILES string of the molecule is CCOc1ccc(C2SCC(=O)N2c2cc(OC)c(OC)c(OC)c2)cc1. The van der Waals surface area contributed by atoms with Gasteiger partial charge in [-0.3, -0.25) is 9.69 Å². The molecule has 0 N–H and O–H groups in total. The molecule has 0 spiro atoms. The average molecular weight is 389 g/mol. The van der Waals surface area contributed by atoms with E-state index in [9.17, 15) is 4.79 Å². The van der Waals surface area contributed by atoms with Crippen LogP contribution >= 0.6 is 11.8 Å². The van der Waals surface area contributed by atoms with E-state index in [1.165, 1.54) is 0 Å². The summed E-state index contributed by atoms with van der Waals surface area (Å²) in [6.07, 6.45) is 0. The molecule has 0 aliphatic carbocycles. The van der Waals surface area contributed by atoms with Crippen molar-refractivity contribution in [2.24, 2.45) is 0 Å². The zero-order chi connectivity index (χ0) is 19.4. The average Bonchev–Trinajstić information content (AvgIpc) is 3.09. The van der Waals surface area contributed by atoms with Crippen molar-refractivity contribution in [3.05, 3.63) is 42.0 Å². The predicted octanol–water partition coefficient (Wildman–Crippen LogP) is 3.89. The molecule has 1 heterocycles. The van der Waals surface area contributed by atoms with Gasteiger partial charge in [-0.1, -0.05) is 12.1 Å². The molecule has 1 saturated heterocycles. The number of ether oxygens (including phenoxy) is 4. The summed E-state index contributed by atoms with van der Waals surface area (Å²) in [4.78, 5) is 14.4. The van der Waals surface area contributed by atoms with Crippen LogP contribution in [0.15, 0.2) is 36.4 Å². The molecule has 6 nitrogen and oxygen atoms in total. The summed E-state index contributed by atoms with van der Waals surface area (Å²) in [6.45, 7) is 2.57. The first-order chi connectivity index (χ1) is 13.1. The summed E-state index contributed by atoms with van der Waals surface area (Å²) >= 11 is 1.59. The molecule has 27 heavy (non-hydrogen) atoms. The van der Waals surface area contributed by atoms with E-state index in [0.29, 0.717) is 35.3 Å². The van der Waals surface area contributed by atoms with Gasteiger partial charge in [0.2, 0.25) is 11.7 Å². The van der Waals surface area contributed by atoms with E-state index >= 15 is 0 Å². The Morgan fingerprint density at radius 3 is 2.19 bits per heavy atom. The third-order valence-electron chi connectivity index (χ3n) is 4.27. The molecule has 1 aliphatic rings. The van der Waals surface area contributed by atoms with Crippen LogP contribution < -0.4 is 23.8 Å². The Hall–Kier alpha value is -2.54. The summed E-state index contributed by atoms with van der Waals surface area (Å²) in [5.74, 6) is 2.79. The standard InChI is InChI=1S/C20H23NO5S/c1-5-26-15-8-6-13(7-9-15)20-21(18(22)12-27-20)14-10-16(23-2)19(25-4)17(11-14)24-3/h6-11,20H,5,12H2,1-4H3. The number of nitrogens with zero attached hydrogens (tertiary/aromatic N) is 1. The third kappa shape index (κ3) is 3.78. The molecular weight excluding hydrogens is 366 g/mol. The van der Waals surface area contributed by atoms with Crippen LogP contribution in [-0.2, 0) is 4.79 Å². The number of carbonyl (C=O) groups is 1. The maximum Gasteiger partial charge on any atom is 0.238 e. The van der Waals surface area contributed by atoms with Crippen molar-refractivity contribution in [1.29, 1.82) is 0 Å². The zero-order valence-electron chi connectivity index (χ0n) is 15.9. The molecule has 1 fully saturated rings. The van der Waals surface area contributed by atoms with Crippen molar-refractivity contribution in [2.75, 3.05) is 38.6 Å². The van der Waals surface area contributed by atoms with Crippen molar-refractivity contribution in [1.82, 2.24) is 0 Å². The second-order valence-electron chi connectivity index (χ2n) is 5.81. The van der Waals surface area contributed by atoms with Crippen molar-refractivity contribution >= 4 is 23.4 Å². The molecule has 1 aliphatic heterocycles. The molecule has 1 unspecified atom stereocenters. The Labute approximate surface area is 163 Å². The highest BCUT2D eigenvalue weighted by molar-refractivity contribution is 8.00. The molecule has 0 radical (unpaired) electrons. The monoisotopic (exact) mass is 389 g/mol. The molecule has 3 rings (SSSR count). The number of thioether (sulfide) groups is 1. The van der Waals surface area contributed by atoms with Crippen LogP contribution in [0, 0.1) is 0 Å². The number of rotatable bonds is 7. The largest absolute Gasteiger partial charge is 0.494 e. The van der Waals surface area contributed by atoms with Crippen molar-refractivity contribution in [3.63, 3.8) is 0 Å². The van der Waals surface area contributed by atoms with Crippen LogP contribution in [0.4, 0.5) is 5.69 Å². The van der Waals surface area contributed by atoms with Crippen LogP contribution in [0.5, 0.6) is 23.0 Å². The van der Waals surface area contributed by atoms with E-state index in [4.69, 9.17) is 18.9 Å². The lowest BCUT2D eigenvalue weighted by molar-refractivity contribution is -0.115. The smallest absolute Gasteiger partial charge is 0.238 e. The zero-order valence-corrected chi connectivity index (χ0v) is 16.7. The molecule has 2 aromatic rings. The van der Waals surface area contributed by atoms with Crippen LogP contribution in [0.1, 0.15) is 17.9 Å². The Bertz CT molecular complexity index is 784. The lowest BCUT2D eigenvalue weighted by atomic mass is 10.1. The summed E-state index contributed by atoms with van der Waals surface area (Å²) in [6, 6.07) is 11.4. The van der Waals surface area contributed by atoms with Gasteiger partial charge in [-0.05, 0) is 24.6 Å². The van der Waals surface area contributed by atoms with Gasteiger partial charge in [-0.15, -0.1) is 11.8 Å². The first-order valence-electron chi connectivity index (χ1n) is 8.59. The number of hydrogen-bond donors (Lipinski definition) is 0. The minimum atomic E-state index is -0.129.